The lowest BCUT2D eigenvalue weighted by Crippen LogP contribution is -2.06. The fourth-order valence-corrected chi connectivity index (χ4v) is 2.38. The van der Waals surface area contributed by atoms with E-state index in [2.05, 4.69) is 32.5 Å². The Bertz CT molecular complexity index is 784. The predicted octanol–water partition coefficient (Wildman–Crippen LogP) is 2.89. The van der Waals surface area contributed by atoms with E-state index >= 15 is 0 Å². The van der Waals surface area contributed by atoms with Crippen molar-refractivity contribution < 1.29 is 4.74 Å². The third kappa shape index (κ3) is 3.48. The molecule has 0 saturated heterocycles. The number of aromatic nitrogens is 4. The van der Waals surface area contributed by atoms with Gasteiger partial charge in [0.1, 0.15) is 0 Å². The first-order valence-electron chi connectivity index (χ1n) is 7.52. The summed E-state index contributed by atoms with van der Waals surface area (Å²) in [4.78, 5) is 8.51. The van der Waals surface area contributed by atoms with E-state index in [1.165, 1.54) is 0 Å². The topological polar surface area (TPSA) is 64.9 Å². The summed E-state index contributed by atoms with van der Waals surface area (Å²) in [6.45, 7) is 3.11. The summed E-state index contributed by atoms with van der Waals surface area (Å²) in [5.41, 5.74) is 3.40. The van der Waals surface area contributed by atoms with Crippen LogP contribution in [0.15, 0.2) is 49.1 Å². The standard InChI is InChI=1S/C17H19N5O/c1-3-23-17-16(18-8-9-19-17)20-10-13-6-4-5-7-15(13)14-11-21-22(2)12-14/h4-9,11-12H,3,10H2,1-2H3,(H,18,20). The van der Waals surface area contributed by atoms with E-state index in [9.17, 15) is 0 Å². The Morgan fingerprint density at radius 2 is 2.00 bits per heavy atom. The SMILES string of the molecule is CCOc1nccnc1NCc1ccccc1-c1cnn(C)c1. The van der Waals surface area contributed by atoms with E-state index in [1.54, 1.807) is 17.1 Å². The molecule has 2 aromatic heterocycles. The van der Waals surface area contributed by atoms with Crippen LogP contribution in [0.5, 0.6) is 5.88 Å². The second-order valence-electron chi connectivity index (χ2n) is 5.06. The van der Waals surface area contributed by atoms with Gasteiger partial charge in [-0.3, -0.25) is 4.68 Å². The van der Waals surface area contributed by atoms with Gasteiger partial charge in [0.2, 0.25) is 0 Å². The molecule has 0 spiro atoms. The summed E-state index contributed by atoms with van der Waals surface area (Å²) in [6, 6.07) is 8.23. The van der Waals surface area contributed by atoms with Crippen molar-refractivity contribution in [2.24, 2.45) is 7.05 Å². The van der Waals surface area contributed by atoms with Crippen molar-refractivity contribution in [1.29, 1.82) is 0 Å². The maximum absolute atomic E-state index is 5.49. The Morgan fingerprint density at radius 1 is 1.17 bits per heavy atom. The molecule has 1 aromatic carbocycles. The van der Waals surface area contributed by atoms with Crippen LogP contribution < -0.4 is 10.1 Å². The van der Waals surface area contributed by atoms with E-state index in [0.29, 0.717) is 24.8 Å². The minimum Gasteiger partial charge on any atom is -0.475 e. The van der Waals surface area contributed by atoms with Crippen molar-refractivity contribution in [2.45, 2.75) is 13.5 Å². The van der Waals surface area contributed by atoms with Crippen LogP contribution in [0, 0.1) is 0 Å². The van der Waals surface area contributed by atoms with Gasteiger partial charge in [-0.15, -0.1) is 0 Å². The van der Waals surface area contributed by atoms with Crippen molar-refractivity contribution in [3.8, 4) is 17.0 Å². The highest BCUT2D eigenvalue weighted by molar-refractivity contribution is 5.66. The number of anilines is 1. The summed E-state index contributed by atoms with van der Waals surface area (Å²) >= 11 is 0. The lowest BCUT2D eigenvalue weighted by molar-refractivity contribution is 0.327. The van der Waals surface area contributed by atoms with E-state index in [0.717, 1.165) is 16.7 Å². The summed E-state index contributed by atoms with van der Waals surface area (Å²) in [5, 5.41) is 7.55. The molecule has 1 N–H and O–H groups in total. The maximum atomic E-state index is 5.49. The highest BCUT2D eigenvalue weighted by atomic mass is 16.5. The summed E-state index contributed by atoms with van der Waals surface area (Å²) in [7, 11) is 1.91. The van der Waals surface area contributed by atoms with Gasteiger partial charge in [-0.1, -0.05) is 24.3 Å². The van der Waals surface area contributed by atoms with E-state index in [1.807, 2.05) is 38.5 Å². The molecule has 0 aliphatic carbocycles. The number of nitrogens with zero attached hydrogens (tertiary/aromatic N) is 4. The highest BCUT2D eigenvalue weighted by Gasteiger charge is 2.09. The molecular weight excluding hydrogens is 290 g/mol. The molecule has 0 atom stereocenters. The summed E-state index contributed by atoms with van der Waals surface area (Å²) in [6.07, 6.45) is 7.15. The van der Waals surface area contributed by atoms with Crippen molar-refractivity contribution in [1.82, 2.24) is 19.7 Å². The zero-order chi connectivity index (χ0) is 16.1. The van der Waals surface area contributed by atoms with Crippen molar-refractivity contribution in [2.75, 3.05) is 11.9 Å². The number of nitrogens with one attached hydrogen (secondary N) is 1. The van der Waals surface area contributed by atoms with Crippen LogP contribution in [-0.2, 0) is 13.6 Å². The Balaban J connectivity index is 1.82. The van der Waals surface area contributed by atoms with Gasteiger partial charge in [-0.2, -0.15) is 5.10 Å². The average molecular weight is 309 g/mol. The third-order valence-electron chi connectivity index (χ3n) is 3.43. The number of benzene rings is 1. The van der Waals surface area contributed by atoms with Gasteiger partial charge >= 0.3 is 0 Å². The molecule has 0 aliphatic rings. The molecule has 0 amide bonds. The van der Waals surface area contributed by atoms with Crippen molar-refractivity contribution in [3.05, 3.63) is 54.6 Å². The first-order valence-corrected chi connectivity index (χ1v) is 7.52. The molecule has 23 heavy (non-hydrogen) atoms. The maximum Gasteiger partial charge on any atom is 0.257 e. The number of ether oxygens (including phenoxy) is 1. The molecule has 0 radical (unpaired) electrons. The fraction of sp³-hybridized carbons (Fsp3) is 0.235. The van der Waals surface area contributed by atoms with Crippen LogP contribution >= 0.6 is 0 Å². The van der Waals surface area contributed by atoms with Crippen LogP contribution in [-0.4, -0.2) is 26.4 Å². The lowest BCUT2D eigenvalue weighted by atomic mass is 10.0. The van der Waals surface area contributed by atoms with Crippen LogP contribution in [0.3, 0.4) is 0 Å². The van der Waals surface area contributed by atoms with Crippen molar-refractivity contribution >= 4 is 5.82 Å². The zero-order valence-electron chi connectivity index (χ0n) is 13.2. The fourth-order valence-electron chi connectivity index (χ4n) is 2.38. The molecule has 6 heteroatoms. The number of hydrogen-bond donors (Lipinski definition) is 1. The zero-order valence-corrected chi connectivity index (χ0v) is 13.2. The molecule has 0 saturated carbocycles. The third-order valence-corrected chi connectivity index (χ3v) is 3.43. The number of aryl methyl sites for hydroxylation is 1. The molecule has 0 fully saturated rings. The first-order chi connectivity index (χ1) is 11.3. The second-order valence-corrected chi connectivity index (χ2v) is 5.06. The number of hydrogen-bond acceptors (Lipinski definition) is 5. The van der Waals surface area contributed by atoms with Gasteiger partial charge in [0.05, 0.1) is 12.8 Å². The monoisotopic (exact) mass is 309 g/mol. The van der Waals surface area contributed by atoms with Gasteiger partial charge in [-0.25, -0.2) is 9.97 Å². The summed E-state index contributed by atoms with van der Waals surface area (Å²) < 4.78 is 7.30. The quantitative estimate of drug-likeness (QED) is 0.758. The minimum absolute atomic E-state index is 0.522. The van der Waals surface area contributed by atoms with Crippen LogP contribution in [0.1, 0.15) is 12.5 Å². The molecule has 6 nitrogen and oxygen atoms in total. The van der Waals surface area contributed by atoms with Gasteiger partial charge in [0, 0.05) is 37.7 Å². The summed E-state index contributed by atoms with van der Waals surface area (Å²) in [5.74, 6) is 1.17. The van der Waals surface area contributed by atoms with E-state index in [-0.39, 0.29) is 0 Å². The van der Waals surface area contributed by atoms with Crippen LogP contribution in [0.25, 0.3) is 11.1 Å². The van der Waals surface area contributed by atoms with Gasteiger partial charge in [-0.05, 0) is 18.1 Å². The predicted molar refractivity (Wildman–Crippen MR) is 89.2 cm³/mol. The molecule has 0 aliphatic heterocycles. The molecular formula is C17H19N5O. The second kappa shape index (κ2) is 6.91. The van der Waals surface area contributed by atoms with E-state index in [4.69, 9.17) is 4.74 Å². The number of rotatable bonds is 6. The van der Waals surface area contributed by atoms with E-state index < -0.39 is 0 Å². The van der Waals surface area contributed by atoms with Crippen LogP contribution in [0.4, 0.5) is 5.82 Å². The Hall–Kier alpha value is -2.89. The molecule has 0 unspecified atom stereocenters. The van der Waals surface area contributed by atoms with Gasteiger partial charge in [0.25, 0.3) is 5.88 Å². The molecule has 0 bridgehead atoms. The molecule has 3 aromatic rings. The Labute approximate surface area is 135 Å². The van der Waals surface area contributed by atoms with Gasteiger partial charge in [0.15, 0.2) is 5.82 Å². The highest BCUT2D eigenvalue weighted by Crippen LogP contribution is 2.25. The molecule has 118 valence electrons. The van der Waals surface area contributed by atoms with Crippen LogP contribution in [0.2, 0.25) is 0 Å². The lowest BCUT2D eigenvalue weighted by Gasteiger charge is -2.12. The molecule has 3 rings (SSSR count). The van der Waals surface area contributed by atoms with Crippen molar-refractivity contribution in [3.63, 3.8) is 0 Å². The van der Waals surface area contributed by atoms with Gasteiger partial charge < -0.3 is 10.1 Å². The smallest absolute Gasteiger partial charge is 0.257 e. The Kier molecular flexibility index (Phi) is 4.52. The minimum atomic E-state index is 0.522. The molecule has 2 heterocycles. The first kappa shape index (κ1) is 15.0. The largest absolute Gasteiger partial charge is 0.475 e. The Morgan fingerprint density at radius 3 is 2.78 bits per heavy atom. The normalized spacial score (nSPS) is 10.5. The average Bonchev–Trinajstić information content (AvgIpc) is 3.01.